The van der Waals surface area contributed by atoms with Crippen molar-refractivity contribution in [1.82, 2.24) is 4.98 Å². The normalized spacial score (nSPS) is 17.6. The number of aromatic amines is 1. The Kier molecular flexibility index (Phi) is 3.33. The average molecular weight is 303 g/mol. The highest BCUT2D eigenvalue weighted by molar-refractivity contribution is 6.30. The lowest BCUT2D eigenvalue weighted by Crippen LogP contribution is -2.23. The molecule has 1 atom stereocenters. The first-order valence-electron chi connectivity index (χ1n) is 6.69. The number of carboxylic acid groups (broad SMARTS) is 1. The zero-order chi connectivity index (χ0) is 15.1. The lowest BCUT2D eigenvalue weighted by atomic mass is 9.81. The molecule has 1 heterocycles. The van der Waals surface area contributed by atoms with Gasteiger partial charge < -0.3 is 14.9 Å². The van der Waals surface area contributed by atoms with Gasteiger partial charge in [0, 0.05) is 22.7 Å². The van der Waals surface area contributed by atoms with E-state index in [1.54, 1.807) is 19.1 Å². The molecule has 2 aromatic rings. The number of aromatic nitrogens is 1. The molecular weight excluding hydrogens is 290 g/mol. The smallest absolute Gasteiger partial charge is 0.165 e. The molecule has 0 fully saturated rings. The van der Waals surface area contributed by atoms with E-state index in [1.807, 2.05) is 12.1 Å². The van der Waals surface area contributed by atoms with Crippen molar-refractivity contribution in [3.05, 3.63) is 57.4 Å². The van der Waals surface area contributed by atoms with Gasteiger partial charge in [0.05, 0.1) is 11.7 Å². The van der Waals surface area contributed by atoms with Crippen LogP contribution in [0.2, 0.25) is 5.02 Å². The van der Waals surface area contributed by atoms with Crippen LogP contribution in [-0.4, -0.2) is 16.7 Å². The summed E-state index contributed by atoms with van der Waals surface area (Å²) < 4.78 is 0. The van der Waals surface area contributed by atoms with E-state index in [4.69, 9.17) is 11.6 Å². The Hall–Kier alpha value is -2.07. The van der Waals surface area contributed by atoms with E-state index in [0.29, 0.717) is 34.7 Å². The highest BCUT2D eigenvalue weighted by atomic mass is 35.5. The molecule has 0 aliphatic heterocycles. The molecule has 3 rings (SSSR count). The summed E-state index contributed by atoms with van der Waals surface area (Å²) in [7, 11) is 0. The third kappa shape index (κ3) is 2.36. The minimum Gasteiger partial charge on any atom is -0.543 e. The number of rotatable bonds is 2. The summed E-state index contributed by atoms with van der Waals surface area (Å²) in [5, 5.41) is 11.7. The van der Waals surface area contributed by atoms with E-state index in [1.165, 1.54) is 0 Å². The Labute approximate surface area is 126 Å². The number of halogens is 1. The third-order valence-corrected chi connectivity index (χ3v) is 4.29. The van der Waals surface area contributed by atoms with Crippen LogP contribution in [-0.2, 0) is 6.42 Å². The summed E-state index contributed by atoms with van der Waals surface area (Å²) in [5.74, 6) is -1.27. The zero-order valence-electron chi connectivity index (χ0n) is 11.4. The summed E-state index contributed by atoms with van der Waals surface area (Å²) in [6.07, 6.45) is 0.983. The molecule has 108 valence electrons. The second-order valence-electron chi connectivity index (χ2n) is 5.35. The molecule has 1 aromatic heterocycles. The fraction of sp³-hybridized carbons (Fsp3) is 0.250. The minimum atomic E-state index is -1.28. The molecule has 1 aromatic carbocycles. The van der Waals surface area contributed by atoms with E-state index in [2.05, 4.69) is 4.98 Å². The molecule has 4 nitrogen and oxygen atoms in total. The summed E-state index contributed by atoms with van der Waals surface area (Å²) in [6.45, 7) is 1.64. The number of aromatic carboxylic acids is 1. The fourth-order valence-corrected chi connectivity index (χ4v) is 3.13. The largest absolute Gasteiger partial charge is 0.543 e. The van der Waals surface area contributed by atoms with Gasteiger partial charge in [0.15, 0.2) is 5.78 Å². The van der Waals surface area contributed by atoms with Gasteiger partial charge in [0.1, 0.15) is 0 Å². The van der Waals surface area contributed by atoms with Gasteiger partial charge in [-0.2, -0.15) is 0 Å². The molecule has 0 spiro atoms. The van der Waals surface area contributed by atoms with Gasteiger partial charge in [-0.3, -0.25) is 4.79 Å². The number of nitrogens with one attached hydrogen (secondary N) is 1. The molecule has 0 radical (unpaired) electrons. The van der Waals surface area contributed by atoms with E-state index in [0.717, 1.165) is 5.56 Å². The molecular formula is C16H13ClNO3-. The van der Waals surface area contributed by atoms with E-state index < -0.39 is 5.97 Å². The zero-order valence-corrected chi connectivity index (χ0v) is 12.2. The third-order valence-electron chi connectivity index (χ3n) is 4.03. The molecule has 21 heavy (non-hydrogen) atoms. The van der Waals surface area contributed by atoms with Gasteiger partial charge >= 0.3 is 0 Å². The molecule has 0 bridgehead atoms. The second kappa shape index (κ2) is 5.04. The summed E-state index contributed by atoms with van der Waals surface area (Å²) >= 11 is 5.87. The van der Waals surface area contributed by atoms with Crippen LogP contribution in [0.15, 0.2) is 24.3 Å². The lowest BCUT2D eigenvalue weighted by Gasteiger charge is -2.22. The van der Waals surface area contributed by atoms with Gasteiger partial charge in [0.2, 0.25) is 0 Å². The van der Waals surface area contributed by atoms with Crippen molar-refractivity contribution in [3.63, 3.8) is 0 Å². The lowest BCUT2D eigenvalue weighted by molar-refractivity contribution is -0.255. The summed E-state index contributed by atoms with van der Waals surface area (Å²) in [5.41, 5.74) is 2.71. The molecule has 1 N–H and O–H groups in total. The van der Waals surface area contributed by atoms with E-state index >= 15 is 0 Å². The Morgan fingerprint density at radius 2 is 1.95 bits per heavy atom. The number of carbonyl (C=O) groups is 2. The van der Waals surface area contributed by atoms with Crippen LogP contribution < -0.4 is 5.11 Å². The molecule has 0 saturated carbocycles. The predicted octanol–water partition coefficient (Wildman–Crippen LogP) is 2.25. The highest BCUT2D eigenvalue weighted by Crippen LogP contribution is 2.35. The molecule has 1 aliphatic rings. The van der Waals surface area contributed by atoms with Crippen LogP contribution in [0.4, 0.5) is 0 Å². The molecule has 5 heteroatoms. The summed E-state index contributed by atoms with van der Waals surface area (Å²) in [4.78, 5) is 26.2. The van der Waals surface area contributed by atoms with Gasteiger partial charge in [-0.25, -0.2) is 0 Å². The van der Waals surface area contributed by atoms with Crippen molar-refractivity contribution in [3.8, 4) is 0 Å². The van der Waals surface area contributed by atoms with Gasteiger partial charge in [-0.05, 0) is 42.5 Å². The Morgan fingerprint density at radius 1 is 1.29 bits per heavy atom. The number of carboxylic acids is 1. The second-order valence-corrected chi connectivity index (χ2v) is 5.78. The van der Waals surface area contributed by atoms with E-state index in [9.17, 15) is 14.7 Å². The van der Waals surface area contributed by atoms with Crippen LogP contribution in [0.3, 0.4) is 0 Å². The van der Waals surface area contributed by atoms with Gasteiger partial charge in [-0.15, -0.1) is 0 Å². The van der Waals surface area contributed by atoms with Crippen molar-refractivity contribution >= 4 is 23.4 Å². The number of carbonyl (C=O) groups excluding carboxylic acids is 2. The molecule has 0 unspecified atom stereocenters. The minimum absolute atomic E-state index is 0.00473. The number of Topliss-reactive ketones (excluding diaryl/α,β-unsaturated/α-hetero) is 1. The number of ketones is 1. The van der Waals surface area contributed by atoms with E-state index in [-0.39, 0.29) is 17.4 Å². The standard InChI is InChI=1S/C16H14ClNO3/c1-8-14-12(18-15(8)16(20)21)6-10(7-13(14)19)9-2-4-11(17)5-3-9/h2-5,10,18H,6-7H2,1H3,(H,20,21)/p-1/t10-/m1/s1. The maximum Gasteiger partial charge on any atom is 0.165 e. The first kappa shape index (κ1) is 13.9. The van der Waals surface area contributed by atoms with Gasteiger partial charge in [0.25, 0.3) is 0 Å². The SMILES string of the molecule is Cc1c(C(=O)[O-])[nH]c2c1C(=O)C[C@H](c1ccc(Cl)cc1)C2. The quantitative estimate of drug-likeness (QED) is 0.924. The maximum absolute atomic E-state index is 12.3. The first-order chi connectivity index (χ1) is 9.97. The van der Waals surface area contributed by atoms with Crippen molar-refractivity contribution in [2.24, 2.45) is 0 Å². The van der Waals surface area contributed by atoms with Crippen LogP contribution in [0.5, 0.6) is 0 Å². The Bertz CT molecular complexity index is 731. The Morgan fingerprint density at radius 3 is 2.57 bits per heavy atom. The van der Waals surface area contributed by atoms with Crippen molar-refractivity contribution in [2.75, 3.05) is 0 Å². The van der Waals surface area contributed by atoms with Crippen LogP contribution >= 0.6 is 11.6 Å². The van der Waals surface area contributed by atoms with Crippen molar-refractivity contribution < 1.29 is 14.7 Å². The van der Waals surface area contributed by atoms with Gasteiger partial charge in [-0.1, -0.05) is 23.7 Å². The number of fused-ring (bicyclic) bond motifs is 1. The fourth-order valence-electron chi connectivity index (χ4n) is 3.01. The number of hydrogen-bond acceptors (Lipinski definition) is 3. The van der Waals surface area contributed by atoms with Crippen LogP contribution in [0.1, 0.15) is 50.0 Å². The average Bonchev–Trinajstić information content (AvgIpc) is 2.77. The van der Waals surface area contributed by atoms with Crippen molar-refractivity contribution in [2.45, 2.75) is 25.7 Å². The van der Waals surface area contributed by atoms with Crippen LogP contribution in [0.25, 0.3) is 0 Å². The predicted molar refractivity (Wildman–Crippen MR) is 76.7 cm³/mol. The first-order valence-corrected chi connectivity index (χ1v) is 7.06. The number of hydrogen-bond donors (Lipinski definition) is 1. The Balaban J connectivity index is 1.99. The summed E-state index contributed by atoms with van der Waals surface area (Å²) in [6, 6.07) is 7.40. The number of H-pyrrole nitrogens is 1. The maximum atomic E-state index is 12.3. The highest BCUT2D eigenvalue weighted by Gasteiger charge is 2.30. The van der Waals surface area contributed by atoms with Crippen LogP contribution in [0, 0.1) is 6.92 Å². The number of benzene rings is 1. The molecule has 0 amide bonds. The molecule has 0 saturated heterocycles. The van der Waals surface area contributed by atoms with Crippen molar-refractivity contribution in [1.29, 1.82) is 0 Å². The monoisotopic (exact) mass is 302 g/mol. The topological polar surface area (TPSA) is 73.0 Å². The molecule has 1 aliphatic carbocycles.